The number of rotatable bonds is 8. The summed E-state index contributed by atoms with van der Waals surface area (Å²) in [5, 5.41) is 12.6. The average molecular weight is 573 g/mol. The Hall–Kier alpha value is -3.54. The van der Waals surface area contributed by atoms with E-state index in [-0.39, 0.29) is 12.3 Å². The predicted octanol–water partition coefficient (Wildman–Crippen LogP) is 8.58. The van der Waals surface area contributed by atoms with E-state index in [9.17, 15) is 19.0 Å². The molecule has 3 N–H and O–H groups in total. The lowest BCUT2D eigenvalue weighted by atomic mass is 9.94. The van der Waals surface area contributed by atoms with Gasteiger partial charge in [-0.05, 0) is 83.3 Å². The van der Waals surface area contributed by atoms with E-state index in [1.165, 1.54) is 32.3 Å². The number of carbonyl (C=O) groups is 1. The third kappa shape index (κ3) is 6.43. The van der Waals surface area contributed by atoms with Gasteiger partial charge in [-0.3, -0.25) is 13.9 Å². The summed E-state index contributed by atoms with van der Waals surface area (Å²) in [7, 11) is -2.45. The first-order valence-electron chi connectivity index (χ1n) is 13.1. The van der Waals surface area contributed by atoms with E-state index in [0.29, 0.717) is 24.5 Å². The molecule has 0 radical (unpaired) electrons. The zero-order valence-corrected chi connectivity index (χ0v) is 24.1. The summed E-state index contributed by atoms with van der Waals surface area (Å²) in [6, 6.07) is 20.4. The van der Waals surface area contributed by atoms with Crippen molar-refractivity contribution in [2.75, 3.05) is 11.5 Å². The topological polar surface area (TPSA) is 87.0 Å². The third-order valence-electron chi connectivity index (χ3n) is 7.21. The first-order chi connectivity index (χ1) is 19.2. The Morgan fingerprint density at radius 2 is 1.88 bits per heavy atom. The number of hydrogen-bond acceptors (Lipinski definition) is 5. The molecule has 2 heterocycles. The smallest absolute Gasteiger partial charge is 0.304 e. The maximum atomic E-state index is 11.2. The van der Waals surface area contributed by atoms with Gasteiger partial charge in [-0.25, -0.2) is 0 Å². The molecular weight excluding hydrogens is 540 g/mol. The van der Waals surface area contributed by atoms with Crippen molar-refractivity contribution in [3.63, 3.8) is 0 Å². The number of benzene rings is 3. The fourth-order valence-electron chi connectivity index (χ4n) is 5.06. The number of hydrogen-bond donors (Lipinski definition) is 3. The molecule has 1 aromatic heterocycles. The van der Waals surface area contributed by atoms with Crippen molar-refractivity contribution < 1.29 is 23.7 Å². The average Bonchev–Trinajstić information content (AvgIpc) is 3.35. The molecule has 206 valence electrons. The van der Waals surface area contributed by atoms with Crippen molar-refractivity contribution in [2.45, 2.75) is 39.2 Å². The molecule has 0 saturated carbocycles. The van der Waals surface area contributed by atoms with Crippen LogP contribution in [-0.2, 0) is 11.4 Å². The number of fused-ring (bicyclic) bond motifs is 1. The van der Waals surface area contributed by atoms with Crippen molar-refractivity contribution in [3.05, 3.63) is 94.4 Å². The Morgan fingerprint density at radius 3 is 2.55 bits per heavy atom. The van der Waals surface area contributed by atoms with Crippen molar-refractivity contribution in [1.29, 1.82) is 0 Å². The molecule has 7 heteroatoms. The highest BCUT2D eigenvalue weighted by Crippen LogP contribution is 2.45. The first kappa shape index (κ1) is 28.0. The Balaban J connectivity index is 1.32. The minimum absolute atomic E-state index is 0.0288. The van der Waals surface area contributed by atoms with Gasteiger partial charge in [-0.15, -0.1) is 17.3 Å². The molecule has 4 aromatic rings. The number of aryl methyl sites for hydroxylation is 1. The van der Waals surface area contributed by atoms with Crippen LogP contribution >= 0.6 is 21.9 Å². The highest BCUT2D eigenvalue weighted by Gasteiger charge is 2.19. The Morgan fingerprint density at radius 1 is 1.07 bits per heavy atom. The van der Waals surface area contributed by atoms with Crippen LogP contribution in [-0.4, -0.2) is 31.7 Å². The quantitative estimate of drug-likeness (QED) is 0.184. The summed E-state index contributed by atoms with van der Waals surface area (Å²) in [5.74, 6) is 6.08. The molecule has 1 unspecified atom stereocenters. The summed E-state index contributed by atoms with van der Waals surface area (Å²) >= 11 is 1.73. The lowest BCUT2D eigenvalue weighted by Gasteiger charge is -2.35. The number of ether oxygens (including phenoxy) is 1. The minimum atomic E-state index is -2.45. The second-order valence-electron chi connectivity index (χ2n) is 10.1. The molecule has 0 spiro atoms. The SMILES string of the molecule is CC#CC(CC(=O)O)c1ccc(OCc2ccc3scc(-c4ccc(C5=CCS(O)(O)CC5)cc4C)c3c2)cc1. The number of carboxylic acid groups (broad SMARTS) is 1. The lowest BCUT2D eigenvalue weighted by molar-refractivity contribution is -0.137. The maximum Gasteiger partial charge on any atom is 0.304 e. The maximum absolute atomic E-state index is 11.2. The van der Waals surface area contributed by atoms with E-state index in [1.807, 2.05) is 30.3 Å². The van der Waals surface area contributed by atoms with Gasteiger partial charge in [-0.1, -0.05) is 48.4 Å². The highest BCUT2D eigenvalue weighted by molar-refractivity contribution is 8.24. The molecule has 1 aliphatic rings. The van der Waals surface area contributed by atoms with Gasteiger partial charge in [-0.2, -0.15) is 10.6 Å². The van der Waals surface area contributed by atoms with Crippen molar-refractivity contribution in [2.24, 2.45) is 0 Å². The predicted molar refractivity (Wildman–Crippen MR) is 166 cm³/mol. The molecule has 1 atom stereocenters. The Bertz CT molecular complexity index is 1640. The summed E-state index contributed by atoms with van der Waals surface area (Å²) in [4.78, 5) is 11.2. The van der Waals surface area contributed by atoms with Crippen LogP contribution in [0.15, 0.2) is 72.1 Å². The van der Waals surface area contributed by atoms with E-state index in [1.54, 1.807) is 18.3 Å². The largest absolute Gasteiger partial charge is 0.489 e. The zero-order chi connectivity index (χ0) is 28.3. The van der Waals surface area contributed by atoms with E-state index >= 15 is 0 Å². The van der Waals surface area contributed by atoms with Crippen LogP contribution in [0.2, 0.25) is 0 Å². The molecule has 40 heavy (non-hydrogen) atoms. The molecule has 0 saturated heterocycles. The minimum Gasteiger partial charge on any atom is -0.489 e. The Labute approximate surface area is 240 Å². The van der Waals surface area contributed by atoms with Crippen LogP contribution in [0.5, 0.6) is 5.75 Å². The summed E-state index contributed by atoms with van der Waals surface area (Å²) < 4.78 is 27.1. The van der Waals surface area contributed by atoms with Gasteiger partial charge >= 0.3 is 5.97 Å². The van der Waals surface area contributed by atoms with Gasteiger partial charge in [0.25, 0.3) is 0 Å². The number of carboxylic acids is 1. The van der Waals surface area contributed by atoms with Gasteiger partial charge in [0.1, 0.15) is 12.4 Å². The van der Waals surface area contributed by atoms with Crippen LogP contribution in [0.25, 0.3) is 26.8 Å². The van der Waals surface area contributed by atoms with Gasteiger partial charge in [0.05, 0.1) is 18.1 Å². The molecule has 5 nitrogen and oxygen atoms in total. The van der Waals surface area contributed by atoms with Gasteiger partial charge in [0.2, 0.25) is 0 Å². The number of aliphatic carboxylic acids is 1. The number of allylic oxidation sites excluding steroid dienone is 1. The fraction of sp³-hybridized carbons (Fsp3) is 0.242. The monoisotopic (exact) mass is 572 g/mol. The molecule has 1 aliphatic heterocycles. The second kappa shape index (κ2) is 11.9. The van der Waals surface area contributed by atoms with Crippen molar-refractivity contribution >= 4 is 43.6 Å². The molecule has 0 fully saturated rings. The molecular formula is C33H32O5S2. The standard InChI is InChI=1S/C33H32O5S2/c1-3-4-26(19-33(34)35)24-6-9-28(10-7-24)38-20-23-5-12-32-30(18-23)31(21-39-32)29-11-8-27(17-22(29)2)25-13-15-40(36,37)16-14-25/h5-13,17-18,21,26,36-37H,14-16,19-20H2,1-2H3,(H,34,35). The molecule has 0 bridgehead atoms. The van der Waals surface area contributed by atoms with Crippen LogP contribution in [0.1, 0.15) is 47.9 Å². The van der Waals surface area contributed by atoms with E-state index in [2.05, 4.69) is 60.5 Å². The van der Waals surface area contributed by atoms with Gasteiger partial charge in [0, 0.05) is 21.4 Å². The van der Waals surface area contributed by atoms with Crippen LogP contribution in [0, 0.1) is 18.8 Å². The molecule has 0 aliphatic carbocycles. The first-order valence-corrected chi connectivity index (χ1v) is 15.9. The lowest BCUT2D eigenvalue weighted by Crippen LogP contribution is -2.11. The molecule has 0 amide bonds. The van der Waals surface area contributed by atoms with Gasteiger partial charge < -0.3 is 9.84 Å². The van der Waals surface area contributed by atoms with E-state index in [4.69, 9.17) is 4.74 Å². The van der Waals surface area contributed by atoms with Crippen molar-refractivity contribution in [1.82, 2.24) is 0 Å². The van der Waals surface area contributed by atoms with Crippen molar-refractivity contribution in [3.8, 4) is 28.7 Å². The fourth-order valence-corrected chi connectivity index (χ4v) is 7.18. The number of thiophene rings is 1. The van der Waals surface area contributed by atoms with E-state index < -0.39 is 16.6 Å². The van der Waals surface area contributed by atoms with Gasteiger partial charge in [0.15, 0.2) is 0 Å². The molecule has 5 rings (SSSR count). The highest BCUT2D eigenvalue weighted by atomic mass is 32.3. The van der Waals surface area contributed by atoms with Crippen LogP contribution in [0.3, 0.4) is 0 Å². The molecule has 3 aromatic carbocycles. The second-order valence-corrected chi connectivity index (χ2v) is 13.3. The normalized spacial score (nSPS) is 15.9. The summed E-state index contributed by atoms with van der Waals surface area (Å²) in [6.07, 6.45) is 2.63. The third-order valence-corrected chi connectivity index (χ3v) is 9.73. The summed E-state index contributed by atoms with van der Waals surface area (Å²) in [5.41, 5.74) is 7.83. The van der Waals surface area contributed by atoms with Crippen LogP contribution in [0.4, 0.5) is 0 Å². The van der Waals surface area contributed by atoms with Crippen LogP contribution < -0.4 is 4.74 Å². The summed E-state index contributed by atoms with van der Waals surface area (Å²) in [6.45, 7) is 4.26. The van der Waals surface area contributed by atoms with E-state index in [0.717, 1.165) is 22.4 Å². The Kier molecular flexibility index (Phi) is 8.34. The zero-order valence-electron chi connectivity index (χ0n) is 22.5.